The molecule has 0 fully saturated rings. The molecule has 0 rings (SSSR count). The first-order valence-corrected chi connectivity index (χ1v) is 18.0. The number of nitrogens with two attached hydrogens (primary N) is 1. The highest BCUT2D eigenvalue weighted by atomic mass is 16.5. The van der Waals surface area contributed by atoms with Crippen molar-refractivity contribution in [2.75, 3.05) is 13.2 Å². The Morgan fingerprint density at radius 3 is 1.05 bits per heavy atom. The molecule has 0 amide bonds. The number of hydrogen-bond donors (Lipinski definition) is 1. The first-order valence-electron chi connectivity index (χ1n) is 18.0. The van der Waals surface area contributed by atoms with Crippen molar-refractivity contribution in [1.29, 1.82) is 0 Å². The van der Waals surface area contributed by atoms with E-state index in [1.807, 2.05) is 6.92 Å². The Hall–Kier alpha value is -0.410. The summed E-state index contributed by atoms with van der Waals surface area (Å²) in [6, 6.07) is -0.445. The lowest BCUT2D eigenvalue weighted by Gasteiger charge is -2.20. The van der Waals surface area contributed by atoms with Gasteiger partial charge in [-0.1, -0.05) is 181 Å². The van der Waals surface area contributed by atoms with E-state index in [4.69, 9.17) is 10.5 Å². The van der Waals surface area contributed by atoms with Crippen molar-refractivity contribution >= 4 is 5.78 Å². The number of Topliss-reactive ketones (excluding diaryl/α,β-unsaturated/α-hetero) is 1. The lowest BCUT2D eigenvalue weighted by Crippen LogP contribution is -2.39. The summed E-state index contributed by atoms with van der Waals surface area (Å²) in [5, 5.41) is 0. The molecular formula is C36H73NO2. The van der Waals surface area contributed by atoms with E-state index in [-0.39, 0.29) is 11.7 Å². The van der Waals surface area contributed by atoms with Gasteiger partial charge in [0.15, 0.2) is 5.78 Å². The molecule has 2 unspecified atom stereocenters. The molecular weight excluding hydrogens is 478 g/mol. The number of carbonyl (C=O) groups is 1. The van der Waals surface area contributed by atoms with Crippen molar-refractivity contribution in [3.05, 3.63) is 0 Å². The molecule has 0 aliphatic rings. The van der Waals surface area contributed by atoms with Crippen LogP contribution in [0.2, 0.25) is 0 Å². The van der Waals surface area contributed by atoms with Crippen molar-refractivity contribution in [3.63, 3.8) is 0 Å². The predicted octanol–water partition coefficient (Wildman–Crippen LogP) is 11.5. The molecule has 2 atom stereocenters. The van der Waals surface area contributed by atoms with Gasteiger partial charge in [0, 0.05) is 12.5 Å². The molecule has 0 saturated heterocycles. The fourth-order valence-electron chi connectivity index (χ4n) is 5.88. The van der Waals surface area contributed by atoms with Crippen LogP contribution in [0.5, 0.6) is 0 Å². The van der Waals surface area contributed by atoms with Crippen molar-refractivity contribution < 1.29 is 9.53 Å². The van der Waals surface area contributed by atoms with E-state index in [0.717, 1.165) is 12.8 Å². The van der Waals surface area contributed by atoms with E-state index in [9.17, 15) is 4.79 Å². The number of hydrogen-bond acceptors (Lipinski definition) is 3. The van der Waals surface area contributed by atoms with Crippen LogP contribution in [0, 0.1) is 5.92 Å². The highest BCUT2D eigenvalue weighted by Crippen LogP contribution is 2.22. The average Bonchev–Trinajstić information content (AvgIpc) is 2.95. The van der Waals surface area contributed by atoms with Gasteiger partial charge in [0.1, 0.15) is 0 Å². The van der Waals surface area contributed by atoms with Crippen LogP contribution in [0.3, 0.4) is 0 Å². The fraction of sp³-hybridized carbons (Fsp3) is 0.972. The third-order valence-corrected chi connectivity index (χ3v) is 8.58. The minimum Gasteiger partial charge on any atom is -0.380 e. The van der Waals surface area contributed by atoms with Gasteiger partial charge in [0.05, 0.1) is 12.6 Å². The molecule has 0 bridgehead atoms. The summed E-state index contributed by atoms with van der Waals surface area (Å²) >= 11 is 0. The molecule has 3 nitrogen and oxygen atoms in total. The molecule has 0 saturated carbocycles. The van der Waals surface area contributed by atoms with Crippen LogP contribution in [-0.4, -0.2) is 25.0 Å². The Morgan fingerprint density at radius 2 is 0.769 bits per heavy atom. The second kappa shape index (κ2) is 32.1. The van der Waals surface area contributed by atoms with Crippen LogP contribution in [0.4, 0.5) is 0 Å². The molecule has 2 N–H and O–H groups in total. The molecule has 3 heteroatoms. The highest BCUT2D eigenvalue weighted by Gasteiger charge is 2.23. The van der Waals surface area contributed by atoms with Gasteiger partial charge >= 0.3 is 0 Å². The van der Waals surface area contributed by atoms with Crippen molar-refractivity contribution in [2.45, 2.75) is 207 Å². The lowest BCUT2D eigenvalue weighted by atomic mass is 9.88. The minimum absolute atomic E-state index is 0.140. The van der Waals surface area contributed by atoms with Crippen molar-refractivity contribution in [1.82, 2.24) is 0 Å². The second-order valence-electron chi connectivity index (χ2n) is 12.4. The monoisotopic (exact) mass is 552 g/mol. The van der Waals surface area contributed by atoms with Gasteiger partial charge in [0.25, 0.3) is 0 Å². The quantitative estimate of drug-likeness (QED) is 0.0825. The summed E-state index contributed by atoms with van der Waals surface area (Å²) in [5.74, 6) is 0.391. The maximum atomic E-state index is 13.0. The Kier molecular flexibility index (Phi) is 31.8. The van der Waals surface area contributed by atoms with Crippen LogP contribution in [0.1, 0.15) is 201 Å². The van der Waals surface area contributed by atoms with Crippen LogP contribution in [0.15, 0.2) is 0 Å². The maximum absolute atomic E-state index is 13.0. The molecule has 0 aromatic heterocycles. The van der Waals surface area contributed by atoms with Crippen LogP contribution in [0.25, 0.3) is 0 Å². The number of rotatable bonds is 33. The zero-order chi connectivity index (χ0) is 28.7. The number of unbranched alkanes of at least 4 members (excludes halogenated alkanes) is 24. The fourth-order valence-corrected chi connectivity index (χ4v) is 5.88. The van der Waals surface area contributed by atoms with Gasteiger partial charge < -0.3 is 10.5 Å². The van der Waals surface area contributed by atoms with E-state index in [1.54, 1.807) is 0 Å². The van der Waals surface area contributed by atoms with E-state index in [1.165, 1.54) is 167 Å². The lowest BCUT2D eigenvalue weighted by molar-refractivity contribution is -0.126. The third-order valence-electron chi connectivity index (χ3n) is 8.58. The molecule has 0 aromatic carbocycles. The van der Waals surface area contributed by atoms with E-state index >= 15 is 0 Å². The molecule has 234 valence electrons. The molecule has 0 spiro atoms. The van der Waals surface area contributed by atoms with E-state index in [0.29, 0.717) is 13.2 Å². The summed E-state index contributed by atoms with van der Waals surface area (Å²) in [7, 11) is 0. The first kappa shape index (κ1) is 38.6. The van der Waals surface area contributed by atoms with Crippen molar-refractivity contribution in [2.24, 2.45) is 11.7 Å². The minimum atomic E-state index is -0.445. The summed E-state index contributed by atoms with van der Waals surface area (Å²) in [6.07, 6.45) is 37.6. The normalized spacial score (nSPS) is 13.1. The van der Waals surface area contributed by atoms with Crippen LogP contribution in [-0.2, 0) is 9.53 Å². The summed E-state index contributed by atoms with van der Waals surface area (Å²) in [4.78, 5) is 13.0. The average molecular weight is 552 g/mol. The largest absolute Gasteiger partial charge is 0.380 e. The van der Waals surface area contributed by atoms with Gasteiger partial charge in [0.2, 0.25) is 0 Å². The zero-order valence-corrected chi connectivity index (χ0v) is 27.3. The predicted molar refractivity (Wildman–Crippen MR) is 174 cm³/mol. The molecule has 39 heavy (non-hydrogen) atoms. The van der Waals surface area contributed by atoms with Crippen LogP contribution < -0.4 is 5.73 Å². The van der Waals surface area contributed by atoms with E-state index < -0.39 is 6.04 Å². The van der Waals surface area contributed by atoms with Gasteiger partial charge in [-0.15, -0.1) is 0 Å². The zero-order valence-electron chi connectivity index (χ0n) is 27.3. The molecule has 0 aliphatic heterocycles. The van der Waals surface area contributed by atoms with Gasteiger partial charge in [-0.3, -0.25) is 4.79 Å². The SMILES string of the molecule is CCCCCCCCCCCCCCCCC(CCCCCCCCCCCCCC)C(=O)C(N)COCC. The topological polar surface area (TPSA) is 52.3 Å². The van der Waals surface area contributed by atoms with Crippen LogP contribution >= 0.6 is 0 Å². The smallest absolute Gasteiger partial charge is 0.154 e. The molecule has 0 heterocycles. The highest BCUT2D eigenvalue weighted by molar-refractivity contribution is 5.86. The maximum Gasteiger partial charge on any atom is 0.154 e. The second-order valence-corrected chi connectivity index (χ2v) is 12.4. The molecule has 0 aliphatic carbocycles. The number of ether oxygens (including phenoxy) is 1. The Bertz CT molecular complexity index is 481. The molecule has 0 aromatic rings. The Labute approximate surface area is 246 Å². The Morgan fingerprint density at radius 1 is 0.487 bits per heavy atom. The summed E-state index contributed by atoms with van der Waals surface area (Å²) in [6.45, 7) is 7.55. The van der Waals surface area contributed by atoms with Gasteiger partial charge in [-0.2, -0.15) is 0 Å². The number of ketones is 1. The number of carbonyl (C=O) groups excluding carboxylic acids is 1. The Balaban J connectivity index is 3.93. The first-order chi connectivity index (χ1) is 19.2. The van der Waals surface area contributed by atoms with Crippen molar-refractivity contribution in [3.8, 4) is 0 Å². The molecule has 0 radical (unpaired) electrons. The van der Waals surface area contributed by atoms with Gasteiger partial charge in [-0.05, 0) is 19.8 Å². The van der Waals surface area contributed by atoms with Gasteiger partial charge in [-0.25, -0.2) is 0 Å². The standard InChI is InChI=1S/C36H73NO2/c1-4-7-9-11-13-15-17-19-20-22-24-26-28-30-32-34(36(38)35(37)33-39-6-3)31-29-27-25-23-21-18-16-14-12-10-8-5-2/h34-35H,4-33,37H2,1-3H3. The summed E-state index contributed by atoms with van der Waals surface area (Å²) in [5.41, 5.74) is 6.22. The van der Waals surface area contributed by atoms with E-state index in [2.05, 4.69) is 13.8 Å². The summed E-state index contributed by atoms with van der Waals surface area (Å²) < 4.78 is 5.46. The third kappa shape index (κ3) is 27.5.